The number of alkyl halides is 3. The lowest BCUT2D eigenvalue weighted by atomic mass is 10.1. The highest BCUT2D eigenvalue weighted by atomic mass is 19.4. The van der Waals surface area contributed by atoms with Crippen LogP contribution in [0.3, 0.4) is 0 Å². The molecule has 0 atom stereocenters. The predicted octanol–water partition coefficient (Wildman–Crippen LogP) is 6.27. The number of nitrogens with zero attached hydrogens (tertiary/aromatic N) is 3. The summed E-state index contributed by atoms with van der Waals surface area (Å²) in [6.07, 6.45) is -1.72. The summed E-state index contributed by atoms with van der Waals surface area (Å²) in [5, 5.41) is 2.99. The molecule has 0 amide bonds. The SMILES string of the molecule is CCCc1ccc(Nc2ncc(C(F)(F)F)c(N(C)c3ccc(C)cc3)n2)cc1. The van der Waals surface area contributed by atoms with Crippen LogP contribution < -0.4 is 10.2 Å². The number of anilines is 4. The van der Waals surface area contributed by atoms with E-state index in [0.717, 1.165) is 24.6 Å². The summed E-state index contributed by atoms with van der Waals surface area (Å²) in [6.45, 7) is 4.03. The van der Waals surface area contributed by atoms with E-state index < -0.39 is 11.7 Å². The monoisotopic (exact) mass is 400 g/mol. The molecule has 0 spiro atoms. The smallest absolute Gasteiger partial charge is 0.329 e. The van der Waals surface area contributed by atoms with E-state index >= 15 is 0 Å². The van der Waals surface area contributed by atoms with E-state index in [9.17, 15) is 13.2 Å². The normalized spacial score (nSPS) is 11.4. The van der Waals surface area contributed by atoms with Gasteiger partial charge in [0.05, 0.1) is 0 Å². The molecule has 0 aliphatic carbocycles. The van der Waals surface area contributed by atoms with Crippen LogP contribution in [0.25, 0.3) is 0 Å². The van der Waals surface area contributed by atoms with Crippen LogP contribution in [0.4, 0.5) is 36.3 Å². The van der Waals surface area contributed by atoms with Gasteiger partial charge in [0.2, 0.25) is 5.95 Å². The number of hydrogen-bond acceptors (Lipinski definition) is 4. The first kappa shape index (κ1) is 20.6. The van der Waals surface area contributed by atoms with Gasteiger partial charge in [0.25, 0.3) is 0 Å². The van der Waals surface area contributed by atoms with E-state index in [1.54, 1.807) is 19.2 Å². The van der Waals surface area contributed by atoms with E-state index in [1.807, 2.05) is 43.3 Å². The fourth-order valence-corrected chi connectivity index (χ4v) is 2.95. The molecule has 3 rings (SSSR count). The van der Waals surface area contributed by atoms with Gasteiger partial charge in [-0.2, -0.15) is 18.2 Å². The standard InChI is InChI=1S/C22H23F3N4/c1-4-5-16-8-10-17(11-9-16)27-21-26-14-19(22(23,24)25)20(28-21)29(3)18-12-6-15(2)7-13-18/h6-14H,4-5H2,1-3H3,(H,26,27,28). The summed E-state index contributed by atoms with van der Waals surface area (Å²) in [5.41, 5.74) is 2.66. The van der Waals surface area contributed by atoms with Crippen LogP contribution in [0.15, 0.2) is 54.7 Å². The zero-order valence-corrected chi connectivity index (χ0v) is 16.6. The van der Waals surface area contributed by atoms with Crippen LogP contribution in [0.1, 0.15) is 30.0 Å². The zero-order valence-electron chi connectivity index (χ0n) is 16.6. The molecular weight excluding hydrogens is 377 g/mol. The van der Waals surface area contributed by atoms with Gasteiger partial charge >= 0.3 is 6.18 Å². The summed E-state index contributed by atoms with van der Waals surface area (Å²) in [7, 11) is 1.56. The molecule has 3 aromatic rings. The molecule has 0 unspecified atom stereocenters. The van der Waals surface area contributed by atoms with Crippen molar-refractivity contribution >= 4 is 23.1 Å². The molecule has 0 saturated heterocycles. The van der Waals surface area contributed by atoms with Crippen LogP contribution in [-0.4, -0.2) is 17.0 Å². The second kappa shape index (κ2) is 8.51. The first-order valence-electron chi connectivity index (χ1n) is 9.38. The van der Waals surface area contributed by atoms with Crippen molar-refractivity contribution in [1.82, 2.24) is 9.97 Å². The maximum Gasteiger partial charge on any atom is 0.421 e. The maximum atomic E-state index is 13.5. The quantitative estimate of drug-likeness (QED) is 0.530. The Balaban J connectivity index is 1.94. The summed E-state index contributed by atoms with van der Waals surface area (Å²) < 4.78 is 40.6. The topological polar surface area (TPSA) is 41.1 Å². The number of aromatic nitrogens is 2. The van der Waals surface area contributed by atoms with Gasteiger partial charge in [0.15, 0.2) is 5.82 Å². The van der Waals surface area contributed by atoms with Crippen molar-refractivity contribution in [2.45, 2.75) is 32.9 Å². The van der Waals surface area contributed by atoms with Crippen molar-refractivity contribution < 1.29 is 13.2 Å². The third-order valence-corrected chi connectivity index (χ3v) is 4.56. The fourth-order valence-electron chi connectivity index (χ4n) is 2.95. The van der Waals surface area contributed by atoms with Crippen LogP contribution >= 0.6 is 0 Å². The highest BCUT2D eigenvalue weighted by Crippen LogP contribution is 2.37. The summed E-state index contributed by atoms with van der Waals surface area (Å²) in [4.78, 5) is 9.47. The van der Waals surface area contributed by atoms with Crippen molar-refractivity contribution in [1.29, 1.82) is 0 Å². The first-order chi connectivity index (χ1) is 13.8. The summed E-state index contributed by atoms with van der Waals surface area (Å²) >= 11 is 0. The lowest BCUT2D eigenvalue weighted by Gasteiger charge is -2.23. The second-order valence-corrected chi connectivity index (χ2v) is 6.90. The third-order valence-electron chi connectivity index (χ3n) is 4.56. The van der Waals surface area contributed by atoms with Crippen molar-refractivity contribution in [2.24, 2.45) is 0 Å². The molecule has 1 heterocycles. The number of rotatable bonds is 6. The Kier molecular flexibility index (Phi) is 6.06. The maximum absolute atomic E-state index is 13.5. The van der Waals surface area contributed by atoms with Crippen LogP contribution in [0.5, 0.6) is 0 Å². The minimum absolute atomic E-state index is 0.107. The molecule has 0 saturated carbocycles. The highest BCUT2D eigenvalue weighted by Gasteiger charge is 2.36. The Hall–Kier alpha value is -3.09. The molecule has 1 N–H and O–H groups in total. The van der Waals surface area contributed by atoms with Gasteiger partial charge in [0, 0.05) is 24.6 Å². The molecule has 0 aliphatic rings. The van der Waals surface area contributed by atoms with Crippen molar-refractivity contribution in [3.8, 4) is 0 Å². The molecule has 0 radical (unpaired) electrons. The predicted molar refractivity (Wildman–Crippen MR) is 110 cm³/mol. The molecule has 152 valence electrons. The van der Waals surface area contributed by atoms with Crippen molar-refractivity contribution in [3.05, 3.63) is 71.4 Å². The van der Waals surface area contributed by atoms with Gasteiger partial charge in [0.1, 0.15) is 5.56 Å². The van der Waals surface area contributed by atoms with Gasteiger partial charge in [-0.15, -0.1) is 0 Å². The fraction of sp³-hybridized carbons (Fsp3) is 0.273. The third kappa shape index (κ3) is 5.04. The number of benzene rings is 2. The minimum Gasteiger partial charge on any atom is -0.329 e. The lowest BCUT2D eigenvalue weighted by molar-refractivity contribution is -0.137. The van der Waals surface area contributed by atoms with Gasteiger partial charge in [-0.25, -0.2) is 4.98 Å². The average Bonchev–Trinajstić information content (AvgIpc) is 2.69. The molecule has 4 nitrogen and oxygen atoms in total. The van der Waals surface area contributed by atoms with Crippen molar-refractivity contribution in [3.63, 3.8) is 0 Å². The molecule has 0 fully saturated rings. The molecule has 7 heteroatoms. The van der Waals surface area contributed by atoms with Gasteiger partial charge in [-0.1, -0.05) is 43.2 Å². The Morgan fingerprint density at radius 2 is 1.66 bits per heavy atom. The van der Waals surface area contributed by atoms with Crippen LogP contribution in [0.2, 0.25) is 0 Å². The molecule has 0 bridgehead atoms. The Morgan fingerprint density at radius 1 is 1.00 bits per heavy atom. The van der Waals surface area contributed by atoms with Gasteiger partial charge in [-0.05, 0) is 43.2 Å². The van der Waals surface area contributed by atoms with Crippen LogP contribution in [0, 0.1) is 6.92 Å². The number of aryl methyl sites for hydroxylation is 2. The largest absolute Gasteiger partial charge is 0.421 e. The van der Waals surface area contributed by atoms with E-state index in [2.05, 4.69) is 22.2 Å². The molecule has 2 aromatic carbocycles. The van der Waals surface area contributed by atoms with Gasteiger partial charge in [-0.3, -0.25) is 0 Å². The van der Waals surface area contributed by atoms with E-state index in [0.29, 0.717) is 11.4 Å². The lowest BCUT2D eigenvalue weighted by Crippen LogP contribution is -2.19. The first-order valence-corrected chi connectivity index (χ1v) is 9.38. The molecule has 1 aromatic heterocycles. The zero-order chi connectivity index (χ0) is 21.0. The molecule has 0 aliphatic heterocycles. The Bertz CT molecular complexity index is 951. The van der Waals surface area contributed by atoms with E-state index in [-0.39, 0.29) is 11.8 Å². The summed E-state index contributed by atoms with van der Waals surface area (Å²) in [5.74, 6) is -0.100. The molecule has 29 heavy (non-hydrogen) atoms. The number of nitrogens with one attached hydrogen (secondary N) is 1. The summed E-state index contributed by atoms with van der Waals surface area (Å²) in [6, 6.07) is 14.9. The minimum atomic E-state index is -4.56. The van der Waals surface area contributed by atoms with Crippen LogP contribution in [-0.2, 0) is 12.6 Å². The molecular formula is C22H23F3N4. The Morgan fingerprint density at radius 3 is 2.24 bits per heavy atom. The van der Waals surface area contributed by atoms with Gasteiger partial charge < -0.3 is 10.2 Å². The average molecular weight is 400 g/mol. The number of hydrogen-bond donors (Lipinski definition) is 1. The second-order valence-electron chi connectivity index (χ2n) is 6.90. The van der Waals surface area contributed by atoms with E-state index in [4.69, 9.17) is 0 Å². The van der Waals surface area contributed by atoms with E-state index in [1.165, 1.54) is 10.5 Å². The Labute approximate surface area is 168 Å². The highest BCUT2D eigenvalue weighted by molar-refractivity contribution is 5.65. The van der Waals surface area contributed by atoms with Crippen molar-refractivity contribution in [2.75, 3.05) is 17.3 Å². The number of halogens is 3.